The van der Waals surface area contributed by atoms with Crippen molar-refractivity contribution in [1.29, 1.82) is 0 Å². The molecule has 0 aromatic heterocycles. The van der Waals surface area contributed by atoms with Gasteiger partial charge in [-0.25, -0.2) is 4.79 Å². The molecule has 1 saturated heterocycles. The summed E-state index contributed by atoms with van der Waals surface area (Å²) in [5.74, 6) is -0.412. The average Bonchev–Trinajstić information content (AvgIpc) is 2.86. The first-order chi connectivity index (χ1) is 16.5. The van der Waals surface area contributed by atoms with Crippen LogP contribution in [0.3, 0.4) is 0 Å². The number of hydrogen-bond acceptors (Lipinski definition) is 5. The highest BCUT2D eigenvalue weighted by atomic mass is 16.5. The first kappa shape index (κ1) is 22.8. The monoisotopic (exact) mass is 456 g/mol. The van der Waals surface area contributed by atoms with Gasteiger partial charge in [-0.05, 0) is 41.8 Å². The number of ether oxygens (including phenoxy) is 2. The molecule has 0 spiro atoms. The summed E-state index contributed by atoms with van der Waals surface area (Å²) in [5.41, 5.74) is 2.21. The van der Waals surface area contributed by atoms with Crippen LogP contribution in [0.1, 0.15) is 29.7 Å². The molecule has 0 saturated carbocycles. The lowest BCUT2D eigenvalue weighted by molar-refractivity contribution is -0.130. The van der Waals surface area contributed by atoms with Crippen LogP contribution in [0.2, 0.25) is 0 Å². The van der Waals surface area contributed by atoms with Gasteiger partial charge in [0.2, 0.25) is 0 Å². The third-order valence-corrected chi connectivity index (χ3v) is 5.44. The number of amides is 4. The molecule has 1 unspecified atom stereocenters. The van der Waals surface area contributed by atoms with Crippen LogP contribution < -0.4 is 14.8 Å². The molecule has 1 heterocycles. The SMILES string of the molecule is COc1cc(C=C2C(=O)NC(=O)N(Cc3ccccc3)C2=O)ccc1OC(C)c1ccccc1. The van der Waals surface area contributed by atoms with Gasteiger partial charge in [-0.3, -0.25) is 19.8 Å². The van der Waals surface area contributed by atoms with Crippen molar-refractivity contribution >= 4 is 23.9 Å². The predicted octanol–water partition coefficient (Wildman–Crippen LogP) is 4.50. The van der Waals surface area contributed by atoms with Crippen LogP contribution in [0.25, 0.3) is 6.08 Å². The largest absolute Gasteiger partial charge is 0.493 e. The second-order valence-electron chi connectivity index (χ2n) is 7.78. The van der Waals surface area contributed by atoms with Gasteiger partial charge >= 0.3 is 6.03 Å². The highest BCUT2D eigenvalue weighted by Crippen LogP contribution is 2.33. The third kappa shape index (κ3) is 4.99. The van der Waals surface area contributed by atoms with Gasteiger partial charge in [0, 0.05) is 0 Å². The zero-order valence-electron chi connectivity index (χ0n) is 18.9. The molecule has 1 aliphatic heterocycles. The number of methoxy groups -OCH3 is 1. The standard InChI is InChI=1S/C27H24N2O5/c1-18(21-11-7-4-8-12-21)34-23-14-13-20(16-24(23)33-2)15-22-25(30)28-27(32)29(26(22)31)17-19-9-5-3-6-10-19/h3-16,18H,17H2,1-2H3,(H,28,30,32). The fourth-order valence-corrected chi connectivity index (χ4v) is 3.62. The van der Waals surface area contributed by atoms with Crippen molar-refractivity contribution < 1.29 is 23.9 Å². The van der Waals surface area contributed by atoms with E-state index in [1.54, 1.807) is 30.3 Å². The van der Waals surface area contributed by atoms with Gasteiger partial charge in [-0.15, -0.1) is 0 Å². The number of barbiturate groups is 1. The summed E-state index contributed by atoms with van der Waals surface area (Å²) in [7, 11) is 1.52. The summed E-state index contributed by atoms with van der Waals surface area (Å²) >= 11 is 0. The molecule has 0 bridgehead atoms. The lowest BCUT2D eigenvalue weighted by atomic mass is 10.1. The van der Waals surface area contributed by atoms with E-state index in [1.165, 1.54) is 13.2 Å². The van der Waals surface area contributed by atoms with Crippen LogP contribution in [-0.4, -0.2) is 29.9 Å². The normalized spacial score (nSPS) is 15.8. The summed E-state index contributed by atoms with van der Waals surface area (Å²) in [6, 6.07) is 23.3. The molecule has 0 aliphatic carbocycles. The number of nitrogens with one attached hydrogen (secondary N) is 1. The molecule has 4 rings (SSSR count). The molecule has 172 valence electrons. The van der Waals surface area contributed by atoms with Gasteiger partial charge in [0.25, 0.3) is 11.8 Å². The highest BCUT2D eigenvalue weighted by Gasteiger charge is 2.35. The molecule has 1 aliphatic rings. The first-order valence-electron chi connectivity index (χ1n) is 10.8. The summed E-state index contributed by atoms with van der Waals surface area (Å²) < 4.78 is 11.5. The molecule has 3 aromatic rings. The van der Waals surface area contributed by atoms with Crippen LogP contribution in [-0.2, 0) is 16.1 Å². The molecule has 1 fully saturated rings. The fraction of sp³-hybridized carbons (Fsp3) is 0.148. The molecular weight excluding hydrogens is 432 g/mol. The summed E-state index contributed by atoms with van der Waals surface area (Å²) in [6.07, 6.45) is 1.23. The minimum absolute atomic E-state index is 0.0591. The predicted molar refractivity (Wildman–Crippen MR) is 127 cm³/mol. The molecular formula is C27H24N2O5. The van der Waals surface area contributed by atoms with Crippen LogP contribution in [0.15, 0.2) is 84.4 Å². The third-order valence-electron chi connectivity index (χ3n) is 5.44. The van der Waals surface area contributed by atoms with Gasteiger partial charge in [0.1, 0.15) is 11.7 Å². The van der Waals surface area contributed by atoms with Gasteiger partial charge in [0.05, 0.1) is 13.7 Å². The van der Waals surface area contributed by atoms with E-state index >= 15 is 0 Å². The number of rotatable bonds is 7. The van der Waals surface area contributed by atoms with Gasteiger partial charge in [-0.1, -0.05) is 66.7 Å². The quantitative estimate of drug-likeness (QED) is 0.418. The minimum Gasteiger partial charge on any atom is -0.493 e. The van der Waals surface area contributed by atoms with Crippen molar-refractivity contribution in [3.8, 4) is 11.5 Å². The number of imide groups is 2. The number of nitrogens with zero attached hydrogens (tertiary/aromatic N) is 1. The Morgan fingerprint density at radius 2 is 1.59 bits per heavy atom. The molecule has 34 heavy (non-hydrogen) atoms. The Hall–Kier alpha value is -4.39. The summed E-state index contributed by atoms with van der Waals surface area (Å²) in [4.78, 5) is 38.7. The molecule has 1 N–H and O–H groups in total. The zero-order valence-corrected chi connectivity index (χ0v) is 18.9. The van der Waals surface area contributed by atoms with Crippen molar-refractivity contribution in [2.24, 2.45) is 0 Å². The number of urea groups is 1. The van der Waals surface area contributed by atoms with Gasteiger partial charge in [-0.2, -0.15) is 0 Å². The lowest BCUT2D eigenvalue weighted by Crippen LogP contribution is -2.53. The second-order valence-corrected chi connectivity index (χ2v) is 7.78. The topological polar surface area (TPSA) is 84.9 Å². The molecule has 4 amide bonds. The number of carbonyl (C=O) groups is 3. The summed E-state index contributed by atoms with van der Waals surface area (Å²) in [5, 5.41) is 2.24. The lowest BCUT2D eigenvalue weighted by Gasteiger charge is -2.26. The Morgan fingerprint density at radius 3 is 2.26 bits per heavy atom. The number of benzene rings is 3. The Labute approximate surface area is 197 Å². The zero-order chi connectivity index (χ0) is 24.1. The molecule has 1 atom stereocenters. The molecule has 3 aromatic carbocycles. The maximum absolute atomic E-state index is 13.0. The fourth-order valence-electron chi connectivity index (χ4n) is 3.62. The second kappa shape index (κ2) is 10.0. The van der Waals surface area contributed by atoms with E-state index in [1.807, 2.05) is 55.5 Å². The summed E-state index contributed by atoms with van der Waals surface area (Å²) in [6.45, 7) is 2.00. The number of hydrogen-bond donors (Lipinski definition) is 1. The van der Waals surface area contributed by atoms with Gasteiger partial charge in [0.15, 0.2) is 11.5 Å². The van der Waals surface area contributed by atoms with E-state index in [4.69, 9.17) is 9.47 Å². The van der Waals surface area contributed by atoms with E-state index in [0.717, 1.165) is 16.0 Å². The van der Waals surface area contributed by atoms with Crippen LogP contribution in [0.5, 0.6) is 11.5 Å². The van der Waals surface area contributed by atoms with Crippen LogP contribution in [0.4, 0.5) is 4.79 Å². The molecule has 0 radical (unpaired) electrons. The smallest absolute Gasteiger partial charge is 0.331 e. The van der Waals surface area contributed by atoms with Crippen LogP contribution >= 0.6 is 0 Å². The van der Waals surface area contributed by atoms with Crippen molar-refractivity contribution in [2.45, 2.75) is 19.6 Å². The van der Waals surface area contributed by atoms with Crippen molar-refractivity contribution in [3.05, 3.63) is 101 Å². The Balaban J connectivity index is 1.57. The molecule has 7 heteroatoms. The number of carbonyl (C=O) groups excluding carboxylic acids is 3. The maximum Gasteiger partial charge on any atom is 0.331 e. The Bertz CT molecular complexity index is 1240. The van der Waals surface area contributed by atoms with Crippen molar-refractivity contribution in [2.75, 3.05) is 7.11 Å². The first-order valence-corrected chi connectivity index (χ1v) is 10.8. The van der Waals surface area contributed by atoms with Gasteiger partial charge < -0.3 is 9.47 Å². The highest BCUT2D eigenvalue weighted by molar-refractivity contribution is 6.30. The average molecular weight is 456 g/mol. The van der Waals surface area contributed by atoms with Crippen molar-refractivity contribution in [1.82, 2.24) is 10.2 Å². The molecule has 7 nitrogen and oxygen atoms in total. The maximum atomic E-state index is 13.0. The van der Waals surface area contributed by atoms with E-state index in [-0.39, 0.29) is 18.2 Å². The Morgan fingerprint density at radius 1 is 0.912 bits per heavy atom. The van der Waals surface area contributed by atoms with Crippen molar-refractivity contribution in [3.63, 3.8) is 0 Å². The van der Waals surface area contributed by atoms with E-state index in [2.05, 4.69) is 5.32 Å². The minimum atomic E-state index is -0.743. The van der Waals surface area contributed by atoms with E-state index in [9.17, 15) is 14.4 Å². The van der Waals surface area contributed by atoms with E-state index in [0.29, 0.717) is 17.1 Å². The Kier molecular flexibility index (Phi) is 6.73. The van der Waals surface area contributed by atoms with E-state index < -0.39 is 17.8 Å². The van der Waals surface area contributed by atoms with Crippen LogP contribution in [0, 0.1) is 0 Å².